The van der Waals surface area contributed by atoms with E-state index < -0.39 is 17.0 Å². The van der Waals surface area contributed by atoms with E-state index in [1.807, 2.05) is 27.7 Å². The van der Waals surface area contributed by atoms with Crippen LogP contribution < -0.4 is 9.64 Å². The normalized spacial score (nSPS) is 16.5. The van der Waals surface area contributed by atoms with Crippen molar-refractivity contribution in [3.63, 3.8) is 0 Å². The SMILES string of the molecule is CC(C)CCOC(=O)CN1C(=O)C(C(C)C)Oc2cc([N+](=O)[O-])ccc21. The summed E-state index contributed by atoms with van der Waals surface area (Å²) in [7, 11) is 0. The maximum atomic E-state index is 12.7. The Morgan fingerprint density at radius 2 is 2.04 bits per heavy atom. The molecule has 142 valence electrons. The molecule has 0 saturated heterocycles. The molecule has 0 saturated carbocycles. The van der Waals surface area contributed by atoms with Gasteiger partial charge in [-0.15, -0.1) is 0 Å². The smallest absolute Gasteiger partial charge is 0.326 e. The number of nitrogens with zero attached hydrogens (tertiary/aromatic N) is 2. The molecule has 0 bridgehead atoms. The lowest BCUT2D eigenvalue weighted by molar-refractivity contribution is -0.384. The van der Waals surface area contributed by atoms with Crippen molar-refractivity contribution in [2.24, 2.45) is 11.8 Å². The van der Waals surface area contributed by atoms with E-state index in [0.29, 0.717) is 11.6 Å². The van der Waals surface area contributed by atoms with Gasteiger partial charge in [0.1, 0.15) is 6.54 Å². The topological polar surface area (TPSA) is 99.0 Å². The molecule has 2 rings (SSSR count). The zero-order valence-corrected chi connectivity index (χ0v) is 15.4. The van der Waals surface area contributed by atoms with E-state index in [4.69, 9.17) is 9.47 Å². The van der Waals surface area contributed by atoms with Crippen LogP contribution in [0, 0.1) is 22.0 Å². The monoisotopic (exact) mass is 364 g/mol. The van der Waals surface area contributed by atoms with Crippen LogP contribution in [-0.4, -0.2) is 36.1 Å². The first-order valence-electron chi connectivity index (χ1n) is 8.62. The number of amides is 1. The summed E-state index contributed by atoms with van der Waals surface area (Å²) in [5, 5.41) is 11.0. The summed E-state index contributed by atoms with van der Waals surface area (Å²) in [4.78, 5) is 36.6. The molecule has 0 spiro atoms. The van der Waals surface area contributed by atoms with Gasteiger partial charge >= 0.3 is 5.97 Å². The predicted octanol–water partition coefficient (Wildman–Crippen LogP) is 2.93. The number of carbonyl (C=O) groups excluding carboxylic acids is 2. The van der Waals surface area contributed by atoms with Gasteiger partial charge in [-0.2, -0.15) is 0 Å². The van der Waals surface area contributed by atoms with Gasteiger partial charge in [0.15, 0.2) is 11.9 Å². The molecule has 0 aliphatic carbocycles. The van der Waals surface area contributed by atoms with E-state index >= 15 is 0 Å². The van der Waals surface area contributed by atoms with Crippen molar-refractivity contribution in [3.05, 3.63) is 28.3 Å². The number of nitro benzene ring substituents is 1. The van der Waals surface area contributed by atoms with Gasteiger partial charge in [-0.3, -0.25) is 24.6 Å². The van der Waals surface area contributed by atoms with Crippen LogP contribution in [-0.2, 0) is 14.3 Å². The molecule has 1 amide bonds. The van der Waals surface area contributed by atoms with Crippen LogP contribution in [0.5, 0.6) is 5.75 Å². The Balaban J connectivity index is 2.25. The molecular formula is C18H24N2O6. The lowest BCUT2D eigenvalue weighted by Gasteiger charge is -2.35. The molecule has 0 fully saturated rings. The minimum Gasteiger partial charge on any atom is -0.478 e. The van der Waals surface area contributed by atoms with Crippen LogP contribution in [0.25, 0.3) is 0 Å². The molecule has 8 nitrogen and oxygen atoms in total. The third-order valence-electron chi connectivity index (χ3n) is 4.06. The van der Waals surface area contributed by atoms with E-state index in [9.17, 15) is 19.7 Å². The number of esters is 1. The molecule has 8 heteroatoms. The van der Waals surface area contributed by atoms with E-state index in [0.717, 1.165) is 6.42 Å². The molecule has 0 aromatic heterocycles. The number of non-ortho nitro benzene ring substituents is 1. The summed E-state index contributed by atoms with van der Waals surface area (Å²) in [6.07, 6.45) is -0.0758. The third kappa shape index (κ3) is 4.50. The largest absolute Gasteiger partial charge is 0.478 e. The first kappa shape index (κ1) is 19.7. The van der Waals surface area contributed by atoms with E-state index in [1.54, 1.807) is 0 Å². The second-order valence-corrected chi connectivity index (χ2v) is 7.02. The number of fused-ring (bicyclic) bond motifs is 1. The fraction of sp³-hybridized carbons (Fsp3) is 0.556. The summed E-state index contributed by atoms with van der Waals surface area (Å²) >= 11 is 0. The fourth-order valence-electron chi connectivity index (χ4n) is 2.56. The first-order chi connectivity index (χ1) is 12.2. The highest BCUT2D eigenvalue weighted by atomic mass is 16.6. The Hall–Kier alpha value is -2.64. The molecule has 1 aromatic carbocycles. The molecule has 1 aliphatic heterocycles. The quantitative estimate of drug-likeness (QED) is 0.419. The highest BCUT2D eigenvalue weighted by molar-refractivity contribution is 6.03. The Morgan fingerprint density at radius 1 is 1.35 bits per heavy atom. The zero-order valence-electron chi connectivity index (χ0n) is 15.4. The van der Waals surface area contributed by atoms with Crippen LogP contribution >= 0.6 is 0 Å². The molecule has 0 N–H and O–H groups in total. The minimum atomic E-state index is -0.812. The van der Waals surface area contributed by atoms with Crippen molar-refractivity contribution >= 4 is 23.3 Å². The number of nitro groups is 1. The van der Waals surface area contributed by atoms with Crippen LogP contribution in [0.2, 0.25) is 0 Å². The number of carbonyl (C=O) groups is 2. The Kier molecular flexibility index (Phi) is 6.18. The first-order valence-corrected chi connectivity index (χ1v) is 8.62. The number of ether oxygens (including phenoxy) is 2. The van der Waals surface area contributed by atoms with Gasteiger partial charge in [0.25, 0.3) is 11.6 Å². The number of hydrogen-bond acceptors (Lipinski definition) is 6. The lowest BCUT2D eigenvalue weighted by atomic mass is 10.0. The van der Waals surface area contributed by atoms with Crippen molar-refractivity contribution < 1.29 is 24.0 Å². The zero-order chi connectivity index (χ0) is 19.4. The average molecular weight is 364 g/mol. The van der Waals surface area contributed by atoms with Crippen molar-refractivity contribution in [2.75, 3.05) is 18.1 Å². The summed E-state index contributed by atoms with van der Waals surface area (Å²) in [6.45, 7) is 7.70. The second-order valence-electron chi connectivity index (χ2n) is 7.02. The van der Waals surface area contributed by atoms with Gasteiger partial charge < -0.3 is 9.47 Å². The summed E-state index contributed by atoms with van der Waals surface area (Å²) in [5.41, 5.74) is 0.193. The Labute approximate surface area is 152 Å². The number of rotatable bonds is 7. The van der Waals surface area contributed by atoms with Gasteiger partial charge in [0, 0.05) is 6.07 Å². The molecule has 1 aliphatic rings. The summed E-state index contributed by atoms with van der Waals surface area (Å²) in [6, 6.07) is 3.97. The van der Waals surface area contributed by atoms with Crippen molar-refractivity contribution in [2.45, 2.75) is 40.2 Å². The Morgan fingerprint density at radius 3 is 2.62 bits per heavy atom. The van der Waals surface area contributed by atoms with Crippen LogP contribution in [0.4, 0.5) is 11.4 Å². The number of hydrogen-bond donors (Lipinski definition) is 0. The molecule has 1 heterocycles. The van der Waals surface area contributed by atoms with Gasteiger partial charge in [-0.25, -0.2) is 0 Å². The van der Waals surface area contributed by atoms with Gasteiger partial charge in [0.05, 0.1) is 23.3 Å². The standard InChI is InChI=1S/C18H24N2O6/c1-11(2)7-8-25-16(21)10-19-14-6-5-13(20(23)24)9-15(14)26-17(12(3)4)18(19)22/h5-6,9,11-12,17H,7-8,10H2,1-4H3. The fourth-order valence-corrected chi connectivity index (χ4v) is 2.56. The van der Waals surface area contributed by atoms with E-state index in [-0.39, 0.29) is 36.4 Å². The molecule has 1 aromatic rings. The van der Waals surface area contributed by atoms with Crippen molar-refractivity contribution in [1.82, 2.24) is 0 Å². The lowest BCUT2D eigenvalue weighted by Crippen LogP contribution is -2.50. The van der Waals surface area contributed by atoms with Crippen LogP contribution in [0.3, 0.4) is 0 Å². The molecule has 1 unspecified atom stereocenters. The highest BCUT2D eigenvalue weighted by Crippen LogP contribution is 2.38. The second kappa shape index (κ2) is 8.16. The van der Waals surface area contributed by atoms with E-state index in [1.165, 1.54) is 23.1 Å². The number of benzene rings is 1. The average Bonchev–Trinajstić information content (AvgIpc) is 2.55. The van der Waals surface area contributed by atoms with Crippen LogP contribution in [0.15, 0.2) is 18.2 Å². The van der Waals surface area contributed by atoms with E-state index in [2.05, 4.69) is 0 Å². The maximum Gasteiger partial charge on any atom is 0.326 e. The van der Waals surface area contributed by atoms with Crippen LogP contribution in [0.1, 0.15) is 34.1 Å². The third-order valence-corrected chi connectivity index (χ3v) is 4.06. The summed E-state index contributed by atoms with van der Waals surface area (Å²) < 4.78 is 10.9. The molecular weight excluding hydrogens is 340 g/mol. The van der Waals surface area contributed by atoms with Gasteiger partial charge in [-0.05, 0) is 24.3 Å². The highest BCUT2D eigenvalue weighted by Gasteiger charge is 2.38. The molecule has 0 radical (unpaired) electrons. The maximum absolute atomic E-state index is 12.7. The Bertz CT molecular complexity index is 701. The van der Waals surface area contributed by atoms with Gasteiger partial charge in [-0.1, -0.05) is 27.7 Å². The predicted molar refractivity (Wildman–Crippen MR) is 95.1 cm³/mol. The molecule has 1 atom stereocenters. The molecule has 26 heavy (non-hydrogen) atoms. The minimum absolute atomic E-state index is 0.139. The van der Waals surface area contributed by atoms with Crippen molar-refractivity contribution in [1.29, 1.82) is 0 Å². The van der Waals surface area contributed by atoms with Crippen molar-refractivity contribution in [3.8, 4) is 5.75 Å². The number of anilines is 1. The summed E-state index contributed by atoms with van der Waals surface area (Å²) in [5.74, 6) is -0.420. The van der Waals surface area contributed by atoms with Gasteiger partial charge in [0.2, 0.25) is 0 Å².